The molecule has 3 heteroatoms. The van der Waals surface area contributed by atoms with Gasteiger partial charge in [-0.3, -0.25) is 0 Å². The zero-order valence-electron chi connectivity index (χ0n) is 11.2. The van der Waals surface area contributed by atoms with Crippen LogP contribution in [0, 0.1) is 0 Å². The van der Waals surface area contributed by atoms with E-state index in [1.165, 1.54) is 19.3 Å². The molecule has 0 spiro atoms. The molecule has 0 bridgehead atoms. The molecule has 0 saturated heterocycles. The molecule has 0 saturated carbocycles. The van der Waals surface area contributed by atoms with Crippen LogP contribution in [0.25, 0.3) is 0 Å². The summed E-state index contributed by atoms with van der Waals surface area (Å²) in [5, 5.41) is 10.2. The summed E-state index contributed by atoms with van der Waals surface area (Å²) in [5.41, 5.74) is 0.848. The molecule has 2 atom stereocenters. The van der Waals surface area contributed by atoms with E-state index < -0.39 is 6.10 Å². The number of ether oxygens (including phenoxy) is 2. The second kappa shape index (κ2) is 6.10. The second-order valence-electron chi connectivity index (χ2n) is 4.89. The summed E-state index contributed by atoms with van der Waals surface area (Å²) >= 11 is 0. The van der Waals surface area contributed by atoms with Gasteiger partial charge in [-0.15, -0.1) is 0 Å². The number of hydrogen-bond donors (Lipinski definition) is 1. The van der Waals surface area contributed by atoms with Crippen molar-refractivity contribution in [3.05, 3.63) is 23.8 Å². The van der Waals surface area contributed by atoms with Crippen molar-refractivity contribution in [2.75, 3.05) is 7.11 Å². The van der Waals surface area contributed by atoms with E-state index in [0.717, 1.165) is 23.5 Å². The molecule has 1 unspecified atom stereocenters. The average Bonchev–Trinajstić information content (AvgIpc) is 2.39. The number of fused-ring (bicyclic) bond motifs is 1. The Labute approximate surface area is 109 Å². The molecule has 1 aromatic carbocycles. The minimum Gasteiger partial charge on any atom is -0.497 e. The van der Waals surface area contributed by atoms with E-state index in [1.54, 1.807) is 7.11 Å². The van der Waals surface area contributed by atoms with Crippen molar-refractivity contribution in [2.24, 2.45) is 0 Å². The SMILES string of the molecule is CCCCCC1C[C@@H](O)c2cc(OC)ccc2O1. The first-order valence-electron chi connectivity index (χ1n) is 6.77. The number of methoxy groups -OCH3 is 1. The molecule has 1 aromatic rings. The highest BCUT2D eigenvalue weighted by molar-refractivity contribution is 5.43. The maximum atomic E-state index is 10.2. The molecule has 18 heavy (non-hydrogen) atoms. The minimum atomic E-state index is -0.435. The smallest absolute Gasteiger partial charge is 0.125 e. The lowest BCUT2D eigenvalue weighted by molar-refractivity contribution is 0.0603. The van der Waals surface area contributed by atoms with E-state index >= 15 is 0 Å². The highest BCUT2D eigenvalue weighted by atomic mass is 16.5. The Morgan fingerprint density at radius 2 is 2.22 bits per heavy atom. The molecule has 100 valence electrons. The van der Waals surface area contributed by atoms with Crippen LogP contribution in [-0.2, 0) is 0 Å². The van der Waals surface area contributed by atoms with Crippen LogP contribution in [0.4, 0.5) is 0 Å². The third-order valence-electron chi connectivity index (χ3n) is 3.49. The first kappa shape index (κ1) is 13.2. The summed E-state index contributed by atoms with van der Waals surface area (Å²) in [4.78, 5) is 0. The lowest BCUT2D eigenvalue weighted by atomic mass is 9.96. The van der Waals surface area contributed by atoms with Crippen LogP contribution in [0.15, 0.2) is 18.2 Å². The van der Waals surface area contributed by atoms with E-state index in [4.69, 9.17) is 9.47 Å². The van der Waals surface area contributed by atoms with Gasteiger partial charge >= 0.3 is 0 Å². The van der Waals surface area contributed by atoms with Crippen LogP contribution in [0.1, 0.15) is 50.7 Å². The van der Waals surface area contributed by atoms with Gasteiger partial charge in [0.15, 0.2) is 0 Å². The number of benzene rings is 1. The Hall–Kier alpha value is -1.22. The number of aliphatic hydroxyl groups is 1. The fraction of sp³-hybridized carbons (Fsp3) is 0.600. The molecule has 0 aliphatic carbocycles. The van der Waals surface area contributed by atoms with Crippen molar-refractivity contribution in [1.82, 2.24) is 0 Å². The molecule has 1 aliphatic rings. The Morgan fingerprint density at radius 1 is 1.39 bits per heavy atom. The average molecular weight is 250 g/mol. The minimum absolute atomic E-state index is 0.146. The Bertz CT molecular complexity index is 389. The van der Waals surface area contributed by atoms with E-state index in [2.05, 4.69) is 6.92 Å². The van der Waals surface area contributed by atoms with Crippen LogP contribution < -0.4 is 9.47 Å². The van der Waals surface area contributed by atoms with Crippen LogP contribution in [0.3, 0.4) is 0 Å². The summed E-state index contributed by atoms with van der Waals surface area (Å²) < 4.78 is 11.1. The van der Waals surface area contributed by atoms with Crippen LogP contribution in [0.2, 0.25) is 0 Å². The zero-order valence-corrected chi connectivity index (χ0v) is 11.2. The van der Waals surface area contributed by atoms with Gasteiger partial charge in [-0.1, -0.05) is 19.8 Å². The molecule has 0 radical (unpaired) electrons. The van der Waals surface area contributed by atoms with Crippen LogP contribution in [-0.4, -0.2) is 18.3 Å². The van der Waals surface area contributed by atoms with Crippen molar-refractivity contribution in [3.63, 3.8) is 0 Å². The highest BCUT2D eigenvalue weighted by Gasteiger charge is 2.26. The van der Waals surface area contributed by atoms with Crippen molar-refractivity contribution in [3.8, 4) is 11.5 Å². The van der Waals surface area contributed by atoms with Crippen molar-refractivity contribution >= 4 is 0 Å². The van der Waals surface area contributed by atoms with Gasteiger partial charge in [-0.05, 0) is 31.0 Å². The lowest BCUT2D eigenvalue weighted by Crippen LogP contribution is -2.25. The maximum absolute atomic E-state index is 10.2. The van der Waals surface area contributed by atoms with E-state index in [0.29, 0.717) is 6.42 Å². The first-order valence-corrected chi connectivity index (χ1v) is 6.77. The zero-order chi connectivity index (χ0) is 13.0. The van der Waals surface area contributed by atoms with Gasteiger partial charge < -0.3 is 14.6 Å². The standard InChI is InChI=1S/C15H22O3/c1-3-4-5-6-12-10-14(16)13-9-11(17-2)7-8-15(13)18-12/h7-9,12,14,16H,3-6,10H2,1-2H3/t12?,14-/m1/s1. The van der Waals surface area contributed by atoms with Crippen LogP contribution in [0.5, 0.6) is 11.5 Å². The number of hydrogen-bond acceptors (Lipinski definition) is 3. The third-order valence-corrected chi connectivity index (χ3v) is 3.49. The Balaban J connectivity index is 2.04. The quantitative estimate of drug-likeness (QED) is 0.813. The maximum Gasteiger partial charge on any atom is 0.125 e. The monoisotopic (exact) mass is 250 g/mol. The van der Waals surface area contributed by atoms with E-state index in [-0.39, 0.29) is 6.10 Å². The van der Waals surface area contributed by atoms with Gasteiger partial charge in [0, 0.05) is 12.0 Å². The first-order chi connectivity index (χ1) is 8.74. The molecule has 0 aromatic heterocycles. The largest absolute Gasteiger partial charge is 0.497 e. The van der Waals surface area contributed by atoms with E-state index in [9.17, 15) is 5.11 Å². The van der Waals surface area contributed by atoms with Gasteiger partial charge in [0.2, 0.25) is 0 Å². The number of rotatable bonds is 5. The topological polar surface area (TPSA) is 38.7 Å². The predicted molar refractivity (Wildman–Crippen MR) is 71.1 cm³/mol. The summed E-state index contributed by atoms with van der Waals surface area (Å²) in [6.45, 7) is 2.19. The summed E-state index contributed by atoms with van der Waals surface area (Å²) in [6.07, 6.45) is 5.02. The second-order valence-corrected chi connectivity index (χ2v) is 4.89. The normalized spacial score (nSPS) is 22.2. The molecule has 1 heterocycles. The summed E-state index contributed by atoms with van der Waals surface area (Å²) in [5.74, 6) is 1.57. The molecule has 2 rings (SSSR count). The van der Waals surface area contributed by atoms with E-state index in [1.807, 2.05) is 18.2 Å². The molecule has 3 nitrogen and oxygen atoms in total. The van der Waals surface area contributed by atoms with Gasteiger partial charge in [-0.2, -0.15) is 0 Å². The lowest BCUT2D eigenvalue weighted by Gasteiger charge is -2.30. The van der Waals surface area contributed by atoms with Gasteiger partial charge in [0.1, 0.15) is 17.6 Å². The number of unbranched alkanes of at least 4 members (excludes halogenated alkanes) is 2. The third kappa shape index (κ3) is 2.96. The summed E-state index contributed by atoms with van der Waals surface area (Å²) in [7, 11) is 1.63. The Morgan fingerprint density at radius 3 is 2.94 bits per heavy atom. The predicted octanol–water partition coefficient (Wildman–Crippen LogP) is 3.46. The van der Waals surface area contributed by atoms with Crippen molar-refractivity contribution < 1.29 is 14.6 Å². The summed E-state index contributed by atoms with van der Waals surface area (Å²) in [6, 6.07) is 5.63. The molecule has 0 fully saturated rings. The van der Waals surface area contributed by atoms with Gasteiger partial charge in [0.25, 0.3) is 0 Å². The van der Waals surface area contributed by atoms with Crippen LogP contribution >= 0.6 is 0 Å². The van der Waals surface area contributed by atoms with Crippen molar-refractivity contribution in [2.45, 2.75) is 51.2 Å². The Kier molecular flexibility index (Phi) is 4.48. The molecule has 0 amide bonds. The molecular weight excluding hydrogens is 228 g/mol. The fourth-order valence-corrected chi connectivity index (χ4v) is 2.42. The molecule has 1 aliphatic heterocycles. The molecular formula is C15H22O3. The highest BCUT2D eigenvalue weighted by Crippen LogP contribution is 2.38. The van der Waals surface area contributed by atoms with Crippen molar-refractivity contribution in [1.29, 1.82) is 0 Å². The number of aliphatic hydroxyl groups excluding tert-OH is 1. The fourth-order valence-electron chi connectivity index (χ4n) is 2.42. The van der Waals surface area contributed by atoms with Gasteiger partial charge in [0.05, 0.1) is 13.2 Å². The van der Waals surface area contributed by atoms with Gasteiger partial charge in [-0.25, -0.2) is 0 Å². The molecule has 1 N–H and O–H groups in total.